The van der Waals surface area contributed by atoms with Gasteiger partial charge >= 0.3 is 5.97 Å². The Morgan fingerprint density at radius 3 is 2.52 bits per heavy atom. The molecule has 0 radical (unpaired) electrons. The zero-order valence-electron chi connectivity index (χ0n) is 14.8. The highest BCUT2D eigenvalue weighted by Gasteiger charge is 2.46. The number of hydrogen-bond acceptors (Lipinski definition) is 5. The number of likely N-dealkylation sites (tertiary alicyclic amines) is 1. The van der Waals surface area contributed by atoms with Crippen LogP contribution < -0.4 is 0 Å². The summed E-state index contributed by atoms with van der Waals surface area (Å²) in [6.07, 6.45) is 2.13. The summed E-state index contributed by atoms with van der Waals surface area (Å²) in [6.45, 7) is 15.1. The summed E-state index contributed by atoms with van der Waals surface area (Å²) >= 11 is 4.44. The van der Waals surface area contributed by atoms with Crippen molar-refractivity contribution in [2.45, 2.75) is 50.7 Å². The average Bonchev–Trinajstić information content (AvgIpc) is 2.45. The zero-order valence-corrected chi connectivity index (χ0v) is 16.7. The van der Waals surface area contributed by atoms with E-state index in [0.29, 0.717) is 13.0 Å². The smallest absolute Gasteiger partial charge is 0.325 e. The van der Waals surface area contributed by atoms with Crippen molar-refractivity contribution in [2.24, 2.45) is 5.92 Å². The van der Waals surface area contributed by atoms with E-state index in [1.807, 2.05) is 0 Å². The van der Waals surface area contributed by atoms with Crippen molar-refractivity contribution in [3.63, 3.8) is 0 Å². The lowest BCUT2D eigenvalue weighted by Crippen LogP contribution is -2.60. The maximum absolute atomic E-state index is 12.1. The van der Waals surface area contributed by atoms with Gasteiger partial charge in [-0.1, -0.05) is 33.4 Å². The van der Waals surface area contributed by atoms with E-state index >= 15 is 0 Å². The minimum atomic E-state index is -1.80. The minimum absolute atomic E-state index is 0.0551. The number of esters is 1. The van der Waals surface area contributed by atoms with E-state index in [4.69, 9.17) is 9.16 Å². The molecule has 0 N–H and O–H groups in total. The number of carbonyl (C=O) groups is 2. The third-order valence-corrected chi connectivity index (χ3v) is 9.82. The summed E-state index contributed by atoms with van der Waals surface area (Å²) in [5.41, 5.74) is 0. The molecule has 0 aromatic carbocycles. The van der Waals surface area contributed by atoms with Crippen molar-refractivity contribution in [1.82, 2.24) is 4.90 Å². The molecule has 1 rings (SSSR count). The maximum Gasteiger partial charge on any atom is 0.325 e. The fourth-order valence-electron chi connectivity index (χ4n) is 2.04. The normalized spacial score (nSPS) is 21.8. The molecule has 1 saturated heterocycles. The Kier molecular flexibility index (Phi) is 6.91. The Hall–Kier alpha value is -0.793. The summed E-state index contributed by atoms with van der Waals surface area (Å²) in [5, 5.41) is -0.0976. The van der Waals surface area contributed by atoms with Gasteiger partial charge in [-0.3, -0.25) is 9.59 Å². The number of rotatable bonds is 8. The number of carbonyl (C=O) groups excluding carboxylic acids is 2. The zero-order chi connectivity index (χ0) is 17.8. The predicted molar refractivity (Wildman–Crippen MR) is 96.9 cm³/mol. The molecule has 0 unspecified atom stereocenters. The largest absolute Gasteiger partial charge is 0.460 e. The van der Waals surface area contributed by atoms with Gasteiger partial charge < -0.3 is 14.1 Å². The third-order valence-electron chi connectivity index (χ3n) is 4.64. The minimum Gasteiger partial charge on any atom is -0.460 e. The Morgan fingerprint density at radius 1 is 1.43 bits per heavy atom. The molecule has 0 aliphatic carbocycles. The van der Waals surface area contributed by atoms with E-state index in [9.17, 15) is 9.59 Å². The van der Waals surface area contributed by atoms with E-state index in [1.54, 1.807) is 0 Å². The lowest BCUT2D eigenvalue weighted by atomic mass is 9.95. The molecule has 0 aromatic rings. The van der Waals surface area contributed by atoms with Crippen LogP contribution in [0.4, 0.5) is 0 Å². The first-order chi connectivity index (χ1) is 10.5. The molecular weight excluding hydrogens is 330 g/mol. The van der Waals surface area contributed by atoms with Crippen LogP contribution in [0.2, 0.25) is 18.1 Å². The molecule has 1 aliphatic heterocycles. The van der Waals surface area contributed by atoms with E-state index in [1.165, 1.54) is 11.0 Å². The second-order valence-corrected chi connectivity index (χ2v) is 12.7. The summed E-state index contributed by atoms with van der Waals surface area (Å²) in [4.78, 5) is 25.1. The highest BCUT2D eigenvalue weighted by Crippen LogP contribution is 2.37. The highest BCUT2D eigenvalue weighted by atomic mass is 32.1. The second-order valence-electron chi connectivity index (χ2n) is 7.36. The maximum atomic E-state index is 12.1. The van der Waals surface area contributed by atoms with Gasteiger partial charge in [-0.05, 0) is 24.6 Å². The van der Waals surface area contributed by atoms with Crippen LogP contribution in [0.1, 0.15) is 27.2 Å². The SMILES string of the molecule is C=CCOC(=O)CN1C(=O)[C@H](CCO[Si](C)(C)C(C)(C)C)[C@H]1S. The van der Waals surface area contributed by atoms with Crippen molar-refractivity contribution in [3.05, 3.63) is 12.7 Å². The Balaban J connectivity index is 2.40. The fraction of sp³-hybridized carbons (Fsp3) is 0.750. The summed E-state index contributed by atoms with van der Waals surface area (Å²) in [6, 6.07) is 0. The molecule has 1 amide bonds. The third kappa shape index (κ3) is 5.09. The molecule has 0 aromatic heterocycles. The van der Waals surface area contributed by atoms with E-state index in [0.717, 1.165) is 0 Å². The van der Waals surface area contributed by atoms with Gasteiger partial charge in [-0.2, -0.15) is 12.6 Å². The number of nitrogens with zero attached hydrogens (tertiary/aromatic N) is 1. The lowest BCUT2D eigenvalue weighted by Gasteiger charge is -2.44. The Morgan fingerprint density at radius 2 is 2.04 bits per heavy atom. The van der Waals surface area contributed by atoms with Gasteiger partial charge in [-0.15, -0.1) is 0 Å². The van der Waals surface area contributed by atoms with Crippen LogP contribution in [0.5, 0.6) is 0 Å². The van der Waals surface area contributed by atoms with E-state index in [2.05, 4.69) is 53.1 Å². The van der Waals surface area contributed by atoms with E-state index in [-0.39, 0.29) is 35.4 Å². The average molecular weight is 360 g/mol. The van der Waals surface area contributed by atoms with Gasteiger partial charge in [-0.25, -0.2) is 0 Å². The van der Waals surface area contributed by atoms with E-state index < -0.39 is 14.3 Å². The molecule has 1 aliphatic rings. The number of ether oxygens (including phenoxy) is 1. The number of β-lactam (4-membered cyclic amide) rings is 1. The fourth-order valence-corrected chi connectivity index (χ4v) is 3.58. The van der Waals surface area contributed by atoms with Crippen molar-refractivity contribution < 1.29 is 18.8 Å². The first-order valence-corrected chi connectivity index (χ1v) is 11.3. The van der Waals surface area contributed by atoms with Crippen LogP contribution in [-0.2, 0) is 18.8 Å². The molecule has 5 nitrogen and oxygen atoms in total. The molecule has 23 heavy (non-hydrogen) atoms. The number of amides is 1. The van der Waals surface area contributed by atoms with Crippen LogP contribution in [0.3, 0.4) is 0 Å². The van der Waals surface area contributed by atoms with Crippen LogP contribution >= 0.6 is 12.6 Å². The van der Waals surface area contributed by atoms with Gasteiger partial charge in [0.25, 0.3) is 0 Å². The first kappa shape index (κ1) is 20.3. The van der Waals surface area contributed by atoms with Crippen LogP contribution in [0.25, 0.3) is 0 Å². The van der Waals surface area contributed by atoms with Crippen molar-refractivity contribution >= 4 is 32.8 Å². The van der Waals surface area contributed by atoms with Gasteiger partial charge in [0.15, 0.2) is 8.32 Å². The monoisotopic (exact) mass is 359 g/mol. The molecule has 0 bridgehead atoms. The first-order valence-electron chi connectivity index (χ1n) is 7.90. The molecule has 2 atom stereocenters. The van der Waals surface area contributed by atoms with Crippen molar-refractivity contribution in [3.8, 4) is 0 Å². The second kappa shape index (κ2) is 7.85. The van der Waals surface area contributed by atoms with Crippen molar-refractivity contribution in [1.29, 1.82) is 0 Å². The topological polar surface area (TPSA) is 55.8 Å². The lowest BCUT2D eigenvalue weighted by molar-refractivity contribution is -0.160. The van der Waals surface area contributed by atoms with Crippen LogP contribution in [-0.4, -0.2) is 50.2 Å². The Labute approximate surface area is 145 Å². The molecule has 0 spiro atoms. The van der Waals surface area contributed by atoms with Crippen LogP contribution in [0.15, 0.2) is 12.7 Å². The van der Waals surface area contributed by atoms with Gasteiger partial charge in [0.2, 0.25) is 5.91 Å². The predicted octanol–water partition coefficient (Wildman–Crippen LogP) is 2.84. The van der Waals surface area contributed by atoms with Crippen molar-refractivity contribution in [2.75, 3.05) is 19.8 Å². The summed E-state index contributed by atoms with van der Waals surface area (Å²) in [5.74, 6) is -0.678. The summed E-state index contributed by atoms with van der Waals surface area (Å²) < 4.78 is 11.0. The molecule has 0 saturated carbocycles. The van der Waals surface area contributed by atoms with Gasteiger partial charge in [0, 0.05) is 6.61 Å². The molecular formula is C16H29NO4SSi. The molecule has 1 heterocycles. The quantitative estimate of drug-likeness (QED) is 0.238. The molecule has 132 valence electrons. The van der Waals surface area contributed by atoms with Gasteiger partial charge in [0.05, 0.1) is 11.3 Å². The highest BCUT2D eigenvalue weighted by molar-refractivity contribution is 7.81. The number of hydrogen-bond donors (Lipinski definition) is 1. The van der Waals surface area contributed by atoms with Crippen LogP contribution in [0, 0.1) is 5.92 Å². The Bertz CT molecular complexity index is 461. The molecule has 1 fully saturated rings. The molecule has 7 heteroatoms. The van der Waals surface area contributed by atoms with Gasteiger partial charge in [0.1, 0.15) is 13.2 Å². The summed E-state index contributed by atoms with van der Waals surface area (Å²) in [7, 11) is -1.80. The number of thiol groups is 1. The standard InChI is InChI=1S/C16H29NO4SSi/c1-7-9-20-13(18)11-17-14(19)12(15(17)22)8-10-21-23(5,6)16(2,3)4/h7,12,15,22H,1,8-11H2,2-6H3/t12-,15+/m0/s1.